The van der Waals surface area contributed by atoms with Gasteiger partial charge in [-0.2, -0.15) is 4.98 Å². The van der Waals surface area contributed by atoms with Crippen molar-refractivity contribution < 1.29 is 22.5 Å². The van der Waals surface area contributed by atoms with Crippen LogP contribution < -0.4 is 5.32 Å². The molecular formula is C13H20N4O5S. The summed E-state index contributed by atoms with van der Waals surface area (Å²) < 4.78 is 29.2. The summed E-state index contributed by atoms with van der Waals surface area (Å²) in [5, 5.41) is 6.32. The molecule has 23 heavy (non-hydrogen) atoms. The third kappa shape index (κ3) is 4.75. The van der Waals surface area contributed by atoms with E-state index >= 15 is 0 Å². The molecule has 0 spiro atoms. The highest BCUT2D eigenvalue weighted by molar-refractivity contribution is 7.91. The van der Waals surface area contributed by atoms with Crippen LogP contribution in [0.1, 0.15) is 32.5 Å². The summed E-state index contributed by atoms with van der Waals surface area (Å²) in [5.74, 6) is -1.72. The predicted molar refractivity (Wildman–Crippen MR) is 80.1 cm³/mol. The Morgan fingerprint density at radius 3 is 2.65 bits per heavy atom. The SMILES string of the molecule is CC(C)(C)c1noc(CS(=O)(=O)CC(=O)N2CCNC(=O)C2)n1. The lowest BCUT2D eigenvalue weighted by atomic mass is 9.96. The first-order valence-corrected chi connectivity index (χ1v) is 8.97. The fraction of sp³-hybridized carbons (Fsp3) is 0.692. The summed E-state index contributed by atoms with van der Waals surface area (Å²) >= 11 is 0. The van der Waals surface area contributed by atoms with Crippen LogP contribution in [0.4, 0.5) is 0 Å². The highest BCUT2D eigenvalue weighted by atomic mass is 32.2. The van der Waals surface area contributed by atoms with Crippen LogP contribution in [-0.2, 0) is 30.6 Å². The van der Waals surface area contributed by atoms with Crippen molar-refractivity contribution in [3.8, 4) is 0 Å². The van der Waals surface area contributed by atoms with E-state index in [1.165, 1.54) is 4.90 Å². The number of nitrogens with one attached hydrogen (secondary N) is 1. The van der Waals surface area contributed by atoms with Crippen LogP contribution in [0.5, 0.6) is 0 Å². The number of aromatic nitrogens is 2. The van der Waals surface area contributed by atoms with Gasteiger partial charge in [0.25, 0.3) is 0 Å². The molecule has 1 fully saturated rings. The van der Waals surface area contributed by atoms with Crippen LogP contribution in [0, 0.1) is 0 Å². The molecule has 0 atom stereocenters. The number of amides is 2. The zero-order valence-corrected chi connectivity index (χ0v) is 14.1. The molecule has 9 nitrogen and oxygen atoms in total. The van der Waals surface area contributed by atoms with Crippen LogP contribution in [0.25, 0.3) is 0 Å². The monoisotopic (exact) mass is 344 g/mol. The van der Waals surface area contributed by atoms with Gasteiger partial charge in [-0.3, -0.25) is 9.59 Å². The van der Waals surface area contributed by atoms with Crippen molar-refractivity contribution in [3.63, 3.8) is 0 Å². The Morgan fingerprint density at radius 2 is 2.09 bits per heavy atom. The van der Waals surface area contributed by atoms with E-state index in [0.717, 1.165) is 0 Å². The summed E-state index contributed by atoms with van der Waals surface area (Å²) in [5.41, 5.74) is -0.359. The fourth-order valence-electron chi connectivity index (χ4n) is 1.99. The minimum absolute atomic E-state index is 0.0425. The maximum Gasteiger partial charge on any atom is 0.241 e. The maximum atomic E-state index is 12.1. The molecule has 2 rings (SSSR count). The first-order valence-electron chi connectivity index (χ1n) is 7.15. The molecule has 1 aliphatic heterocycles. The molecule has 2 amide bonds. The largest absolute Gasteiger partial charge is 0.353 e. The van der Waals surface area contributed by atoms with Gasteiger partial charge in [0, 0.05) is 18.5 Å². The smallest absolute Gasteiger partial charge is 0.241 e. The van der Waals surface area contributed by atoms with Gasteiger partial charge in [-0.25, -0.2) is 8.42 Å². The molecule has 0 saturated carbocycles. The molecule has 1 N–H and O–H groups in total. The first kappa shape index (κ1) is 17.4. The minimum Gasteiger partial charge on any atom is -0.353 e. The molecule has 0 bridgehead atoms. The average molecular weight is 344 g/mol. The van der Waals surface area contributed by atoms with Crippen LogP contribution in [0.2, 0.25) is 0 Å². The summed E-state index contributed by atoms with van der Waals surface area (Å²) in [7, 11) is -3.75. The van der Waals surface area contributed by atoms with E-state index in [9.17, 15) is 18.0 Å². The Hall–Kier alpha value is -1.97. The van der Waals surface area contributed by atoms with E-state index < -0.39 is 27.3 Å². The van der Waals surface area contributed by atoms with Crippen molar-refractivity contribution in [2.75, 3.05) is 25.4 Å². The predicted octanol–water partition coefficient (Wildman–Crippen LogP) is -0.760. The molecule has 128 valence electrons. The van der Waals surface area contributed by atoms with Crippen molar-refractivity contribution >= 4 is 21.7 Å². The van der Waals surface area contributed by atoms with Gasteiger partial charge in [-0.15, -0.1) is 0 Å². The van der Waals surface area contributed by atoms with Crippen LogP contribution in [-0.4, -0.2) is 60.7 Å². The molecule has 0 radical (unpaired) electrons. The molecule has 0 aliphatic carbocycles. The number of carbonyl (C=O) groups excluding carboxylic acids is 2. The van der Waals surface area contributed by atoms with Gasteiger partial charge in [-0.1, -0.05) is 25.9 Å². The molecule has 1 aliphatic rings. The van der Waals surface area contributed by atoms with Crippen LogP contribution >= 0.6 is 0 Å². The second kappa shape index (κ2) is 6.26. The molecule has 2 heterocycles. The summed E-state index contributed by atoms with van der Waals surface area (Å²) in [6.45, 7) is 6.13. The summed E-state index contributed by atoms with van der Waals surface area (Å²) in [6.07, 6.45) is 0. The molecular weight excluding hydrogens is 324 g/mol. The van der Waals surface area contributed by atoms with Gasteiger partial charge < -0.3 is 14.7 Å². The molecule has 1 aromatic heterocycles. The minimum atomic E-state index is -3.75. The summed E-state index contributed by atoms with van der Waals surface area (Å²) in [4.78, 5) is 28.5. The lowest BCUT2D eigenvalue weighted by molar-refractivity contribution is -0.136. The standard InChI is InChI=1S/C13H20N4O5S/c1-13(2,3)12-15-10(22-16-12)7-23(20,21)8-11(19)17-5-4-14-9(18)6-17/h4-8H2,1-3H3,(H,14,18). The van der Waals surface area contributed by atoms with Gasteiger partial charge in [-0.05, 0) is 0 Å². The topological polar surface area (TPSA) is 122 Å². The fourth-order valence-corrected chi connectivity index (χ4v) is 3.14. The van der Waals surface area contributed by atoms with Gasteiger partial charge in [0.15, 0.2) is 15.7 Å². The Balaban J connectivity index is 2.00. The Bertz CT molecular complexity index is 704. The number of sulfone groups is 1. The quantitative estimate of drug-likeness (QED) is 0.761. The van der Waals surface area contributed by atoms with Crippen molar-refractivity contribution in [2.45, 2.75) is 31.9 Å². The van der Waals surface area contributed by atoms with Crippen molar-refractivity contribution in [2.24, 2.45) is 0 Å². The molecule has 1 aromatic rings. The zero-order valence-electron chi connectivity index (χ0n) is 13.3. The highest BCUT2D eigenvalue weighted by Gasteiger charge is 2.28. The van der Waals surface area contributed by atoms with E-state index in [2.05, 4.69) is 15.5 Å². The number of hydrogen-bond donors (Lipinski definition) is 1. The number of carbonyl (C=O) groups is 2. The highest BCUT2D eigenvalue weighted by Crippen LogP contribution is 2.19. The average Bonchev–Trinajstić information content (AvgIpc) is 2.85. The first-order chi connectivity index (χ1) is 10.6. The zero-order chi connectivity index (χ0) is 17.3. The van der Waals surface area contributed by atoms with Gasteiger partial charge in [0.05, 0.1) is 6.54 Å². The van der Waals surface area contributed by atoms with Crippen molar-refractivity contribution in [1.82, 2.24) is 20.4 Å². The van der Waals surface area contributed by atoms with E-state index in [-0.39, 0.29) is 23.8 Å². The molecule has 0 aromatic carbocycles. The molecule has 1 saturated heterocycles. The summed E-state index contributed by atoms with van der Waals surface area (Å²) in [6, 6.07) is 0. The van der Waals surface area contributed by atoms with Gasteiger partial charge >= 0.3 is 0 Å². The van der Waals surface area contributed by atoms with E-state index in [1.807, 2.05) is 20.8 Å². The van der Waals surface area contributed by atoms with Gasteiger partial charge in [0.1, 0.15) is 11.5 Å². The molecule has 10 heteroatoms. The second-order valence-corrected chi connectivity index (χ2v) is 8.52. The Morgan fingerprint density at radius 1 is 1.39 bits per heavy atom. The number of piperazine rings is 1. The van der Waals surface area contributed by atoms with Crippen molar-refractivity contribution in [1.29, 1.82) is 0 Å². The molecule has 0 unspecified atom stereocenters. The van der Waals surface area contributed by atoms with Crippen LogP contribution in [0.15, 0.2) is 4.52 Å². The van der Waals surface area contributed by atoms with E-state index in [1.54, 1.807) is 0 Å². The lowest BCUT2D eigenvalue weighted by Gasteiger charge is -2.26. The van der Waals surface area contributed by atoms with E-state index in [0.29, 0.717) is 18.9 Å². The second-order valence-electron chi connectivity index (χ2n) is 6.46. The number of hydrogen-bond acceptors (Lipinski definition) is 7. The van der Waals surface area contributed by atoms with E-state index in [4.69, 9.17) is 4.52 Å². The maximum absolute atomic E-state index is 12.1. The normalized spacial score (nSPS) is 16.3. The number of rotatable bonds is 4. The van der Waals surface area contributed by atoms with Crippen LogP contribution in [0.3, 0.4) is 0 Å². The Labute approximate surface area is 134 Å². The number of nitrogens with zero attached hydrogens (tertiary/aromatic N) is 3. The van der Waals surface area contributed by atoms with Crippen molar-refractivity contribution in [3.05, 3.63) is 11.7 Å². The Kier molecular flexibility index (Phi) is 4.73. The van der Waals surface area contributed by atoms with Gasteiger partial charge in [0.2, 0.25) is 17.7 Å². The third-order valence-corrected chi connectivity index (χ3v) is 4.59. The third-order valence-electron chi connectivity index (χ3n) is 3.22. The lowest BCUT2D eigenvalue weighted by Crippen LogP contribution is -2.51.